The molecule has 2 heterocycles. The molecular formula is C11H17N3S. The Labute approximate surface area is 94.1 Å². The van der Waals surface area contributed by atoms with Crippen LogP contribution in [0.25, 0.3) is 4.96 Å². The molecule has 0 amide bonds. The van der Waals surface area contributed by atoms with Crippen molar-refractivity contribution in [2.75, 3.05) is 6.54 Å². The summed E-state index contributed by atoms with van der Waals surface area (Å²) in [4.78, 5) is 6.78. The molecule has 1 N–H and O–H groups in total. The molecule has 0 saturated heterocycles. The summed E-state index contributed by atoms with van der Waals surface area (Å²) in [5.74, 6) is 0.692. The fourth-order valence-electron chi connectivity index (χ4n) is 1.56. The molecule has 2 aromatic rings. The van der Waals surface area contributed by atoms with Gasteiger partial charge in [-0.3, -0.25) is 4.40 Å². The predicted molar refractivity (Wildman–Crippen MR) is 64.4 cm³/mol. The first kappa shape index (κ1) is 10.6. The second-order valence-electron chi connectivity index (χ2n) is 4.27. The van der Waals surface area contributed by atoms with E-state index in [1.807, 2.05) is 6.20 Å². The number of fused-ring (bicyclic) bond motifs is 1. The third-order valence-electron chi connectivity index (χ3n) is 2.26. The van der Waals surface area contributed by atoms with Crippen LogP contribution in [-0.2, 0) is 6.54 Å². The third kappa shape index (κ3) is 2.38. The molecule has 0 bridgehead atoms. The molecular weight excluding hydrogens is 206 g/mol. The maximum atomic E-state index is 4.38. The smallest absolute Gasteiger partial charge is 0.194 e. The number of nitrogens with zero attached hydrogens (tertiary/aromatic N) is 2. The average Bonchev–Trinajstić information content (AvgIpc) is 2.65. The first-order chi connectivity index (χ1) is 7.16. The van der Waals surface area contributed by atoms with Crippen LogP contribution in [0.1, 0.15) is 24.4 Å². The molecule has 0 radical (unpaired) electrons. The number of nitrogens with one attached hydrogen (secondary N) is 1. The number of rotatable bonds is 4. The van der Waals surface area contributed by atoms with Crippen molar-refractivity contribution >= 4 is 16.3 Å². The number of hydrogen-bond acceptors (Lipinski definition) is 3. The first-order valence-corrected chi connectivity index (χ1v) is 6.11. The van der Waals surface area contributed by atoms with Gasteiger partial charge in [-0.25, -0.2) is 4.98 Å². The normalized spacial score (nSPS) is 11.7. The summed E-state index contributed by atoms with van der Waals surface area (Å²) in [6.07, 6.45) is 4.11. The molecule has 0 unspecified atom stereocenters. The summed E-state index contributed by atoms with van der Waals surface area (Å²) >= 11 is 1.74. The maximum Gasteiger partial charge on any atom is 0.194 e. The lowest BCUT2D eigenvalue weighted by Gasteiger charge is -2.05. The van der Waals surface area contributed by atoms with Crippen molar-refractivity contribution in [1.82, 2.24) is 14.7 Å². The zero-order chi connectivity index (χ0) is 10.8. The summed E-state index contributed by atoms with van der Waals surface area (Å²) in [5.41, 5.74) is 1.25. The van der Waals surface area contributed by atoms with Crippen molar-refractivity contribution in [3.8, 4) is 0 Å². The number of imidazole rings is 1. The van der Waals surface area contributed by atoms with E-state index in [1.165, 1.54) is 10.6 Å². The van der Waals surface area contributed by atoms with E-state index in [2.05, 4.69) is 41.7 Å². The molecule has 0 atom stereocenters. The zero-order valence-electron chi connectivity index (χ0n) is 9.45. The van der Waals surface area contributed by atoms with Crippen LogP contribution in [0, 0.1) is 12.8 Å². The van der Waals surface area contributed by atoms with Gasteiger partial charge in [0.05, 0.1) is 11.9 Å². The van der Waals surface area contributed by atoms with E-state index in [9.17, 15) is 0 Å². The lowest BCUT2D eigenvalue weighted by atomic mass is 10.2. The molecule has 0 aliphatic carbocycles. The molecule has 0 aromatic carbocycles. The minimum atomic E-state index is 0.692. The number of thiazole rings is 1. The molecule has 15 heavy (non-hydrogen) atoms. The van der Waals surface area contributed by atoms with Gasteiger partial charge in [0.1, 0.15) is 0 Å². The molecule has 0 saturated carbocycles. The molecule has 2 rings (SSSR count). The summed E-state index contributed by atoms with van der Waals surface area (Å²) in [7, 11) is 0. The van der Waals surface area contributed by atoms with Crippen LogP contribution < -0.4 is 5.32 Å². The number of aryl methyl sites for hydroxylation is 1. The van der Waals surface area contributed by atoms with E-state index in [0.717, 1.165) is 18.1 Å². The zero-order valence-corrected chi connectivity index (χ0v) is 10.3. The van der Waals surface area contributed by atoms with Gasteiger partial charge < -0.3 is 5.32 Å². The molecule has 3 nitrogen and oxygen atoms in total. The highest BCUT2D eigenvalue weighted by atomic mass is 32.1. The predicted octanol–water partition coefficient (Wildman–Crippen LogP) is 2.45. The van der Waals surface area contributed by atoms with E-state index in [-0.39, 0.29) is 0 Å². The lowest BCUT2D eigenvalue weighted by Crippen LogP contribution is -2.19. The minimum Gasteiger partial charge on any atom is -0.311 e. The molecule has 0 aliphatic heterocycles. The Morgan fingerprint density at radius 2 is 2.33 bits per heavy atom. The van der Waals surface area contributed by atoms with Crippen molar-refractivity contribution in [3.05, 3.63) is 23.0 Å². The van der Waals surface area contributed by atoms with Crippen LogP contribution in [0.5, 0.6) is 0 Å². The van der Waals surface area contributed by atoms with Crippen molar-refractivity contribution in [2.24, 2.45) is 5.92 Å². The molecule has 82 valence electrons. The quantitative estimate of drug-likeness (QED) is 0.862. The van der Waals surface area contributed by atoms with Crippen LogP contribution in [0.3, 0.4) is 0 Å². The van der Waals surface area contributed by atoms with Crippen molar-refractivity contribution in [1.29, 1.82) is 0 Å². The summed E-state index contributed by atoms with van der Waals surface area (Å²) in [5, 5.41) is 3.43. The molecule has 2 aromatic heterocycles. The van der Waals surface area contributed by atoms with Crippen LogP contribution in [0.4, 0.5) is 0 Å². The Balaban J connectivity index is 2.07. The van der Waals surface area contributed by atoms with Gasteiger partial charge in [-0.2, -0.15) is 0 Å². The van der Waals surface area contributed by atoms with Gasteiger partial charge in [0.15, 0.2) is 4.96 Å². The Morgan fingerprint density at radius 1 is 1.53 bits per heavy atom. The van der Waals surface area contributed by atoms with Crippen LogP contribution in [0.2, 0.25) is 0 Å². The number of hydrogen-bond donors (Lipinski definition) is 1. The van der Waals surface area contributed by atoms with Crippen LogP contribution >= 0.6 is 11.3 Å². The number of aromatic nitrogens is 2. The fraction of sp³-hybridized carbons (Fsp3) is 0.545. The van der Waals surface area contributed by atoms with E-state index < -0.39 is 0 Å². The Kier molecular flexibility index (Phi) is 3.07. The molecule has 0 fully saturated rings. The van der Waals surface area contributed by atoms with Gasteiger partial charge in [-0.05, 0) is 19.4 Å². The molecule has 0 aliphatic rings. The van der Waals surface area contributed by atoms with E-state index in [0.29, 0.717) is 5.92 Å². The Bertz CT molecular complexity index is 442. The van der Waals surface area contributed by atoms with Gasteiger partial charge in [0, 0.05) is 17.6 Å². The van der Waals surface area contributed by atoms with E-state index in [1.54, 1.807) is 11.3 Å². The standard InChI is InChI=1S/C11H17N3S/c1-8(2)4-12-5-10-6-13-11-14(10)7-9(3)15-11/h6-8,12H,4-5H2,1-3H3. The largest absolute Gasteiger partial charge is 0.311 e. The summed E-state index contributed by atoms with van der Waals surface area (Å²) in [6, 6.07) is 0. The van der Waals surface area contributed by atoms with Gasteiger partial charge >= 0.3 is 0 Å². The maximum absolute atomic E-state index is 4.38. The topological polar surface area (TPSA) is 29.3 Å². The second-order valence-corrected chi connectivity index (χ2v) is 5.48. The fourth-order valence-corrected chi connectivity index (χ4v) is 2.38. The highest BCUT2D eigenvalue weighted by Gasteiger charge is 2.05. The highest BCUT2D eigenvalue weighted by Crippen LogP contribution is 2.17. The Morgan fingerprint density at radius 3 is 3.07 bits per heavy atom. The second kappa shape index (κ2) is 4.33. The average molecular weight is 223 g/mol. The van der Waals surface area contributed by atoms with Gasteiger partial charge in [-0.15, -0.1) is 11.3 Å². The van der Waals surface area contributed by atoms with Gasteiger partial charge in [0.2, 0.25) is 0 Å². The van der Waals surface area contributed by atoms with Crippen molar-refractivity contribution in [3.63, 3.8) is 0 Å². The Hall–Kier alpha value is -0.870. The van der Waals surface area contributed by atoms with Crippen LogP contribution in [-0.4, -0.2) is 15.9 Å². The molecule has 4 heteroatoms. The van der Waals surface area contributed by atoms with Crippen LogP contribution in [0.15, 0.2) is 12.4 Å². The van der Waals surface area contributed by atoms with Gasteiger partial charge in [-0.1, -0.05) is 13.8 Å². The highest BCUT2D eigenvalue weighted by molar-refractivity contribution is 7.16. The first-order valence-electron chi connectivity index (χ1n) is 5.30. The van der Waals surface area contributed by atoms with E-state index >= 15 is 0 Å². The molecule has 0 spiro atoms. The van der Waals surface area contributed by atoms with Gasteiger partial charge in [0.25, 0.3) is 0 Å². The summed E-state index contributed by atoms with van der Waals surface area (Å²) < 4.78 is 2.17. The summed E-state index contributed by atoms with van der Waals surface area (Å²) in [6.45, 7) is 8.50. The minimum absolute atomic E-state index is 0.692. The monoisotopic (exact) mass is 223 g/mol. The SMILES string of the molecule is Cc1cn2c(CNCC(C)C)cnc2s1. The van der Waals surface area contributed by atoms with Crippen molar-refractivity contribution in [2.45, 2.75) is 27.3 Å². The third-order valence-corrected chi connectivity index (χ3v) is 3.17. The lowest BCUT2D eigenvalue weighted by molar-refractivity contribution is 0.547. The van der Waals surface area contributed by atoms with Crippen molar-refractivity contribution < 1.29 is 0 Å². The van der Waals surface area contributed by atoms with E-state index in [4.69, 9.17) is 0 Å².